The van der Waals surface area contributed by atoms with E-state index in [9.17, 15) is 5.11 Å². The maximum atomic E-state index is 10.3. The van der Waals surface area contributed by atoms with Crippen LogP contribution in [0.5, 0.6) is 0 Å². The summed E-state index contributed by atoms with van der Waals surface area (Å²) >= 11 is 11.6. The zero-order valence-corrected chi connectivity index (χ0v) is 13.9. The highest BCUT2D eigenvalue weighted by molar-refractivity contribution is 14.1. The van der Waals surface area contributed by atoms with Gasteiger partial charge in [-0.2, -0.15) is 0 Å². The molecule has 4 heteroatoms. The molecule has 0 aliphatic carbocycles. The first-order valence-electron chi connectivity index (χ1n) is 5.44. The van der Waals surface area contributed by atoms with Crippen molar-refractivity contribution in [2.75, 3.05) is 0 Å². The van der Waals surface area contributed by atoms with Crippen LogP contribution >= 0.6 is 50.1 Å². The second-order valence-electron chi connectivity index (χ2n) is 4.02. The predicted molar refractivity (Wildman–Crippen MR) is 87.0 cm³/mol. The quantitative estimate of drug-likeness (QED) is 0.672. The zero-order valence-electron chi connectivity index (χ0n) is 9.41. The second-order valence-corrected chi connectivity index (χ2v) is 6.55. The summed E-state index contributed by atoms with van der Waals surface area (Å²) in [6, 6.07) is 13.5. The van der Waals surface area contributed by atoms with E-state index in [0.717, 1.165) is 19.2 Å². The number of aliphatic hydroxyl groups is 1. The van der Waals surface area contributed by atoms with E-state index < -0.39 is 6.10 Å². The lowest BCUT2D eigenvalue weighted by molar-refractivity contribution is 0.177. The standard InChI is InChI=1S/C14H11BrClIO/c15-13-5-4-11(17)8-12(13)14(18)7-9-2-1-3-10(16)6-9/h1-6,8,14,18H,7H2. The largest absolute Gasteiger partial charge is 0.388 e. The summed E-state index contributed by atoms with van der Waals surface area (Å²) in [6.45, 7) is 0. The summed E-state index contributed by atoms with van der Waals surface area (Å²) in [7, 11) is 0. The highest BCUT2D eigenvalue weighted by Gasteiger charge is 2.12. The highest BCUT2D eigenvalue weighted by Crippen LogP contribution is 2.28. The Morgan fingerprint density at radius 2 is 2.00 bits per heavy atom. The third-order valence-corrected chi connectivity index (χ3v) is 4.26. The molecule has 1 unspecified atom stereocenters. The van der Waals surface area contributed by atoms with Crippen LogP contribution in [0.2, 0.25) is 5.02 Å². The lowest BCUT2D eigenvalue weighted by atomic mass is 10.0. The van der Waals surface area contributed by atoms with Crippen molar-refractivity contribution in [2.45, 2.75) is 12.5 Å². The van der Waals surface area contributed by atoms with E-state index in [1.54, 1.807) is 0 Å². The predicted octanol–water partition coefficient (Wildman–Crippen LogP) is 4.98. The Bertz CT molecular complexity index is 559. The summed E-state index contributed by atoms with van der Waals surface area (Å²) in [5.41, 5.74) is 1.93. The first-order valence-corrected chi connectivity index (χ1v) is 7.68. The van der Waals surface area contributed by atoms with E-state index in [2.05, 4.69) is 38.5 Å². The van der Waals surface area contributed by atoms with Crippen molar-refractivity contribution in [1.29, 1.82) is 0 Å². The van der Waals surface area contributed by atoms with E-state index in [-0.39, 0.29) is 0 Å². The molecule has 0 amide bonds. The number of halogens is 3. The lowest BCUT2D eigenvalue weighted by Gasteiger charge is -2.13. The molecule has 0 radical (unpaired) electrons. The maximum Gasteiger partial charge on any atom is 0.0841 e. The van der Waals surface area contributed by atoms with Gasteiger partial charge in [-0.1, -0.05) is 39.7 Å². The molecule has 0 heterocycles. The molecule has 0 saturated heterocycles. The molecule has 2 rings (SSSR count). The second kappa shape index (κ2) is 6.37. The van der Waals surface area contributed by atoms with E-state index >= 15 is 0 Å². The van der Waals surface area contributed by atoms with Gasteiger partial charge in [-0.25, -0.2) is 0 Å². The van der Waals surface area contributed by atoms with Crippen LogP contribution in [0.25, 0.3) is 0 Å². The number of benzene rings is 2. The molecule has 0 aromatic heterocycles. The van der Waals surface area contributed by atoms with Crippen molar-refractivity contribution in [3.05, 3.63) is 66.7 Å². The summed E-state index contributed by atoms with van der Waals surface area (Å²) in [5, 5.41) is 11.0. The minimum absolute atomic E-state index is 0.535. The van der Waals surface area contributed by atoms with Gasteiger partial charge < -0.3 is 5.11 Å². The Labute approximate surface area is 133 Å². The van der Waals surface area contributed by atoms with Gasteiger partial charge in [-0.3, -0.25) is 0 Å². The van der Waals surface area contributed by atoms with Crippen LogP contribution in [0.15, 0.2) is 46.9 Å². The van der Waals surface area contributed by atoms with Gasteiger partial charge in [0.1, 0.15) is 0 Å². The fraction of sp³-hybridized carbons (Fsp3) is 0.143. The molecule has 0 bridgehead atoms. The number of aliphatic hydroxyl groups excluding tert-OH is 1. The first-order chi connectivity index (χ1) is 8.56. The van der Waals surface area contributed by atoms with Gasteiger partial charge in [-0.15, -0.1) is 0 Å². The highest BCUT2D eigenvalue weighted by atomic mass is 127. The van der Waals surface area contributed by atoms with Crippen LogP contribution < -0.4 is 0 Å². The van der Waals surface area contributed by atoms with E-state index in [0.29, 0.717) is 11.4 Å². The van der Waals surface area contributed by atoms with Gasteiger partial charge in [0.2, 0.25) is 0 Å². The van der Waals surface area contributed by atoms with Crippen LogP contribution in [-0.2, 0) is 6.42 Å². The Morgan fingerprint density at radius 3 is 2.72 bits per heavy atom. The minimum atomic E-state index is -0.535. The molecule has 2 aromatic rings. The molecule has 1 nitrogen and oxygen atoms in total. The van der Waals surface area contributed by atoms with Gasteiger partial charge in [0, 0.05) is 19.5 Å². The topological polar surface area (TPSA) is 20.2 Å². The molecule has 0 fully saturated rings. The van der Waals surface area contributed by atoms with Crippen molar-refractivity contribution in [2.24, 2.45) is 0 Å². The molecule has 0 saturated carbocycles. The zero-order chi connectivity index (χ0) is 13.1. The SMILES string of the molecule is OC(Cc1cccc(Cl)c1)c1cc(I)ccc1Br. The molecular weight excluding hydrogens is 426 g/mol. The normalized spacial score (nSPS) is 12.4. The van der Waals surface area contributed by atoms with Crippen LogP contribution in [0.4, 0.5) is 0 Å². The van der Waals surface area contributed by atoms with E-state index in [1.165, 1.54) is 0 Å². The van der Waals surface area contributed by atoms with Crippen molar-refractivity contribution < 1.29 is 5.11 Å². The maximum absolute atomic E-state index is 10.3. The van der Waals surface area contributed by atoms with Crippen LogP contribution in [0.1, 0.15) is 17.2 Å². The third kappa shape index (κ3) is 3.70. The summed E-state index contributed by atoms with van der Waals surface area (Å²) in [6.07, 6.45) is 0.0201. The molecule has 0 spiro atoms. The van der Waals surface area contributed by atoms with Gasteiger partial charge >= 0.3 is 0 Å². The third-order valence-electron chi connectivity index (χ3n) is 2.64. The van der Waals surface area contributed by atoms with Crippen molar-refractivity contribution >= 4 is 50.1 Å². The fourth-order valence-electron chi connectivity index (χ4n) is 1.77. The van der Waals surface area contributed by atoms with E-state index in [1.807, 2.05) is 42.5 Å². The Hall–Kier alpha value is -0.100. The number of hydrogen-bond acceptors (Lipinski definition) is 1. The van der Waals surface area contributed by atoms with Gasteiger partial charge in [0.05, 0.1) is 6.10 Å². The Kier molecular flexibility index (Phi) is 5.06. The molecule has 1 atom stereocenters. The van der Waals surface area contributed by atoms with Crippen molar-refractivity contribution in [3.8, 4) is 0 Å². The van der Waals surface area contributed by atoms with Crippen molar-refractivity contribution in [1.82, 2.24) is 0 Å². The van der Waals surface area contributed by atoms with Crippen molar-refractivity contribution in [3.63, 3.8) is 0 Å². The van der Waals surface area contributed by atoms with Crippen LogP contribution in [-0.4, -0.2) is 5.11 Å². The molecule has 2 aromatic carbocycles. The molecule has 94 valence electrons. The summed E-state index contributed by atoms with van der Waals surface area (Å²) in [5.74, 6) is 0. The monoisotopic (exact) mass is 436 g/mol. The average molecular weight is 438 g/mol. The summed E-state index contributed by atoms with van der Waals surface area (Å²) < 4.78 is 2.04. The molecular formula is C14H11BrClIO. The molecule has 18 heavy (non-hydrogen) atoms. The molecule has 0 aliphatic rings. The summed E-state index contributed by atoms with van der Waals surface area (Å²) in [4.78, 5) is 0. The van der Waals surface area contributed by atoms with Gasteiger partial charge in [0.15, 0.2) is 0 Å². The van der Waals surface area contributed by atoms with Gasteiger partial charge in [0.25, 0.3) is 0 Å². The Morgan fingerprint density at radius 1 is 1.22 bits per heavy atom. The molecule has 0 aliphatic heterocycles. The van der Waals surface area contributed by atoms with Crippen LogP contribution in [0.3, 0.4) is 0 Å². The van der Waals surface area contributed by atoms with E-state index in [4.69, 9.17) is 11.6 Å². The number of rotatable bonds is 3. The van der Waals surface area contributed by atoms with Gasteiger partial charge in [-0.05, 0) is 64.0 Å². The molecule has 1 N–H and O–H groups in total. The Balaban J connectivity index is 2.21. The average Bonchev–Trinajstić information content (AvgIpc) is 2.32. The smallest absolute Gasteiger partial charge is 0.0841 e. The minimum Gasteiger partial charge on any atom is -0.388 e. The van der Waals surface area contributed by atoms with Crippen LogP contribution in [0, 0.1) is 3.57 Å². The lowest BCUT2D eigenvalue weighted by Crippen LogP contribution is -2.03. The fourth-order valence-corrected chi connectivity index (χ4v) is 3.01. The first kappa shape index (κ1) is 14.3. The number of hydrogen-bond donors (Lipinski definition) is 1.